The standard InChI is InChI=1S/C13H13I/c1-2-3-7-13(10-11-14)12-8-5-4-6-9-12/h2-10H,1,11H2/b7-3-,13-10+. The second-order valence-electron chi connectivity index (χ2n) is 2.77. The molecule has 0 bridgehead atoms. The molecule has 0 aliphatic heterocycles. The Morgan fingerprint density at radius 1 is 1.29 bits per heavy atom. The summed E-state index contributed by atoms with van der Waals surface area (Å²) in [6.07, 6.45) is 8.05. The van der Waals surface area contributed by atoms with Gasteiger partial charge < -0.3 is 0 Å². The molecule has 0 N–H and O–H groups in total. The topological polar surface area (TPSA) is 0 Å². The molecular weight excluding hydrogens is 283 g/mol. The predicted octanol–water partition coefficient (Wildman–Crippen LogP) is 4.25. The predicted molar refractivity (Wildman–Crippen MR) is 72.6 cm³/mol. The van der Waals surface area contributed by atoms with Gasteiger partial charge in [0.25, 0.3) is 0 Å². The zero-order valence-electron chi connectivity index (χ0n) is 7.99. The highest BCUT2D eigenvalue weighted by Crippen LogP contribution is 2.15. The number of hydrogen-bond donors (Lipinski definition) is 0. The molecule has 0 saturated heterocycles. The van der Waals surface area contributed by atoms with E-state index in [0.717, 1.165) is 4.43 Å². The molecule has 0 radical (unpaired) electrons. The molecule has 0 spiro atoms. The third-order valence-electron chi connectivity index (χ3n) is 1.82. The summed E-state index contributed by atoms with van der Waals surface area (Å²) in [6, 6.07) is 10.4. The van der Waals surface area contributed by atoms with Gasteiger partial charge in [0, 0.05) is 4.43 Å². The normalized spacial score (nSPS) is 11.9. The minimum absolute atomic E-state index is 1.02. The molecule has 0 unspecified atom stereocenters. The van der Waals surface area contributed by atoms with Crippen LogP contribution in [0.2, 0.25) is 0 Å². The number of rotatable bonds is 4. The molecule has 0 aliphatic carbocycles. The molecule has 1 aromatic rings. The Labute approximate surface area is 99.2 Å². The molecule has 0 atom stereocenters. The summed E-state index contributed by atoms with van der Waals surface area (Å²) in [5.41, 5.74) is 2.50. The van der Waals surface area contributed by atoms with Crippen LogP contribution < -0.4 is 0 Å². The maximum absolute atomic E-state index is 3.67. The molecule has 14 heavy (non-hydrogen) atoms. The zero-order valence-corrected chi connectivity index (χ0v) is 10.1. The highest BCUT2D eigenvalue weighted by molar-refractivity contribution is 14.1. The van der Waals surface area contributed by atoms with Crippen LogP contribution >= 0.6 is 22.6 Å². The number of hydrogen-bond acceptors (Lipinski definition) is 0. The molecule has 1 rings (SSSR count). The Bertz CT molecular complexity index is 334. The maximum atomic E-state index is 3.67. The quantitative estimate of drug-likeness (QED) is 0.443. The Morgan fingerprint density at radius 3 is 2.57 bits per heavy atom. The van der Waals surface area contributed by atoms with Crippen molar-refractivity contribution in [2.75, 3.05) is 4.43 Å². The summed E-state index contributed by atoms with van der Waals surface area (Å²) in [4.78, 5) is 0. The third kappa shape index (κ3) is 3.50. The van der Waals surface area contributed by atoms with E-state index in [1.807, 2.05) is 12.1 Å². The Balaban J connectivity index is 2.95. The van der Waals surface area contributed by atoms with Crippen molar-refractivity contribution in [3.8, 4) is 0 Å². The lowest BCUT2D eigenvalue weighted by Gasteiger charge is -2.00. The third-order valence-corrected chi connectivity index (χ3v) is 2.26. The van der Waals surface area contributed by atoms with E-state index in [-0.39, 0.29) is 0 Å². The van der Waals surface area contributed by atoms with Crippen LogP contribution in [-0.4, -0.2) is 4.43 Å². The Morgan fingerprint density at radius 2 is 2.00 bits per heavy atom. The number of benzene rings is 1. The lowest BCUT2D eigenvalue weighted by Crippen LogP contribution is -1.80. The monoisotopic (exact) mass is 296 g/mol. The van der Waals surface area contributed by atoms with Crippen molar-refractivity contribution in [2.24, 2.45) is 0 Å². The fraction of sp³-hybridized carbons (Fsp3) is 0.0769. The first-order chi connectivity index (χ1) is 6.88. The van der Waals surface area contributed by atoms with Crippen LogP contribution in [0, 0.1) is 0 Å². The van der Waals surface area contributed by atoms with Crippen molar-refractivity contribution in [3.63, 3.8) is 0 Å². The van der Waals surface area contributed by atoms with Gasteiger partial charge in [-0.05, 0) is 11.1 Å². The maximum Gasteiger partial charge on any atom is 0.0184 e. The largest absolute Gasteiger partial charge is 0.0991 e. The van der Waals surface area contributed by atoms with Gasteiger partial charge in [0.2, 0.25) is 0 Å². The van der Waals surface area contributed by atoms with Crippen LogP contribution in [-0.2, 0) is 0 Å². The van der Waals surface area contributed by atoms with E-state index in [9.17, 15) is 0 Å². The zero-order chi connectivity index (χ0) is 10.2. The molecule has 0 aliphatic rings. The minimum Gasteiger partial charge on any atom is -0.0991 e. The Kier molecular flexibility index (Phi) is 5.30. The molecule has 0 heterocycles. The van der Waals surface area contributed by atoms with Gasteiger partial charge in [0.15, 0.2) is 0 Å². The van der Waals surface area contributed by atoms with E-state index >= 15 is 0 Å². The molecular formula is C13H13I. The molecule has 1 heteroatoms. The summed E-state index contributed by atoms with van der Waals surface area (Å²) in [5.74, 6) is 0. The molecule has 0 fully saturated rings. The van der Waals surface area contributed by atoms with Gasteiger partial charge in [0.1, 0.15) is 0 Å². The fourth-order valence-corrected chi connectivity index (χ4v) is 1.64. The van der Waals surface area contributed by atoms with Crippen molar-refractivity contribution in [1.29, 1.82) is 0 Å². The lowest BCUT2D eigenvalue weighted by atomic mass is 10.1. The van der Waals surface area contributed by atoms with Gasteiger partial charge in [-0.25, -0.2) is 0 Å². The molecule has 1 aromatic carbocycles. The lowest BCUT2D eigenvalue weighted by molar-refractivity contribution is 1.61. The van der Waals surface area contributed by atoms with Crippen LogP contribution in [0.3, 0.4) is 0 Å². The fourth-order valence-electron chi connectivity index (χ4n) is 1.17. The molecule has 0 nitrogen and oxygen atoms in total. The van der Waals surface area contributed by atoms with Gasteiger partial charge in [-0.15, -0.1) is 0 Å². The van der Waals surface area contributed by atoms with Crippen LogP contribution in [0.1, 0.15) is 5.56 Å². The van der Waals surface area contributed by atoms with Crippen LogP contribution in [0.5, 0.6) is 0 Å². The number of allylic oxidation sites excluding steroid dienone is 5. The van der Waals surface area contributed by atoms with E-state index in [2.05, 4.69) is 65.6 Å². The summed E-state index contributed by atoms with van der Waals surface area (Å²) < 4.78 is 1.02. The molecule has 72 valence electrons. The Hall–Kier alpha value is -0.830. The minimum atomic E-state index is 1.02. The smallest absolute Gasteiger partial charge is 0.0184 e. The summed E-state index contributed by atoms with van der Waals surface area (Å²) >= 11 is 2.35. The van der Waals surface area contributed by atoms with Gasteiger partial charge >= 0.3 is 0 Å². The highest BCUT2D eigenvalue weighted by Gasteiger charge is 1.94. The number of alkyl halides is 1. The summed E-state index contributed by atoms with van der Waals surface area (Å²) in [5, 5.41) is 0. The second kappa shape index (κ2) is 6.60. The highest BCUT2D eigenvalue weighted by atomic mass is 127. The van der Waals surface area contributed by atoms with Gasteiger partial charge in [-0.1, -0.05) is 83.8 Å². The van der Waals surface area contributed by atoms with Crippen molar-refractivity contribution in [3.05, 3.63) is 66.8 Å². The first-order valence-corrected chi connectivity index (χ1v) is 6.01. The van der Waals surface area contributed by atoms with Crippen LogP contribution in [0.25, 0.3) is 5.57 Å². The van der Waals surface area contributed by atoms with E-state index < -0.39 is 0 Å². The SMILES string of the molecule is C=C/C=C\C(=C/CI)c1ccccc1. The van der Waals surface area contributed by atoms with E-state index in [4.69, 9.17) is 0 Å². The van der Waals surface area contributed by atoms with Crippen molar-refractivity contribution in [2.45, 2.75) is 0 Å². The number of halogens is 1. The van der Waals surface area contributed by atoms with E-state index in [1.165, 1.54) is 11.1 Å². The van der Waals surface area contributed by atoms with Crippen LogP contribution in [0.15, 0.2) is 61.2 Å². The van der Waals surface area contributed by atoms with Crippen molar-refractivity contribution in [1.82, 2.24) is 0 Å². The average Bonchev–Trinajstić information content (AvgIpc) is 2.25. The molecule has 0 amide bonds. The van der Waals surface area contributed by atoms with Gasteiger partial charge in [0.05, 0.1) is 0 Å². The van der Waals surface area contributed by atoms with Crippen molar-refractivity contribution >= 4 is 28.2 Å². The molecule has 0 saturated carbocycles. The first-order valence-electron chi connectivity index (χ1n) is 4.49. The summed E-state index contributed by atoms with van der Waals surface area (Å²) in [7, 11) is 0. The van der Waals surface area contributed by atoms with Crippen molar-refractivity contribution < 1.29 is 0 Å². The average molecular weight is 296 g/mol. The molecule has 0 aromatic heterocycles. The van der Waals surface area contributed by atoms with E-state index in [1.54, 1.807) is 6.08 Å². The van der Waals surface area contributed by atoms with Crippen LogP contribution in [0.4, 0.5) is 0 Å². The van der Waals surface area contributed by atoms with E-state index in [0.29, 0.717) is 0 Å². The summed E-state index contributed by atoms with van der Waals surface area (Å²) in [6.45, 7) is 3.67. The second-order valence-corrected chi connectivity index (χ2v) is 3.66. The van der Waals surface area contributed by atoms with Gasteiger partial charge in [-0.3, -0.25) is 0 Å². The first kappa shape index (κ1) is 11.2. The van der Waals surface area contributed by atoms with Gasteiger partial charge in [-0.2, -0.15) is 0 Å².